The quantitative estimate of drug-likeness (QED) is 0.658. The Morgan fingerprint density at radius 2 is 1.92 bits per heavy atom. The lowest BCUT2D eigenvalue weighted by Gasteiger charge is -2.29. The Labute approximate surface area is 150 Å². The van der Waals surface area contributed by atoms with Crippen LogP contribution in [-0.2, 0) is 4.74 Å². The van der Waals surface area contributed by atoms with Gasteiger partial charge in [-0.1, -0.05) is 30.3 Å². The Hall–Kier alpha value is -2.32. The first-order valence-corrected chi connectivity index (χ1v) is 8.48. The molecule has 2 aromatic heterocycles. The van der Waals surface area contributed by atoms with E-state index in [2.05, 4.69) is 9.97 Å². The molecule has 1 saturated heterocycles. The first kappa shape index (κ1) is 17.1. The summed E-state index contributed by atoms with van der Waals surface area (Å²) in [6, 6.07) is 10.8. The Bertz CT molecular complexity index is 925. The number of aryl methyl sites for hydroxylation is 1. The van der Waals surface area contributed by atoms with Gasteiger partial charge in [-0.25, -0.2) is 9.97 Å². The smallest absolute Gasteiger partial charge is 0.164 e. The van der Waals surface area contributed by atoms with Gasteiger partial charge in [-0.3, -0.25) is 0 Å². The number of fused-ring (bicyclic) bond motifs is 1. The van der Waals surface area contributed by atoms with Crippen molar-refractivity contribution in [3.8, 4) is 0 Å². The molecule has 0 unspecified atom stereocenters. The van der Waals surface area contributed by atoms with Crippen LogP contribution in [0.1, 0.15) is 30.5 Å². The van der Waals surface area contributed by atoms with Crippen molar-refractivity contribution in [2.24, 2.45) is 0 Å². The highest BCUT2D eigenvalue weighted by molar-refractivity contribution is 5.78. The molecule has 0 aliphatic carbocycles. The molecule has 7 heteroatoms. The lowest BCUT2D eigenvalue weighted by molar-refractivity contribution is -0.115. The highest BCUT2D eigenvalue weighted by atomic mass is 16.6. The largest absolute Gasteiger partial charge is 0.386 e. The second-order valence-electron chi connectivity index (χ2n) is 6.89. The topological polar surface area (TPSA) is 101 Å². The first-order chi connectivity index (χ1) is 12.4. The summed E-state index contributed by atoms with van der Waals surface area (Å²) in [5.74, 6) is 0. The standard InChI is InChI=1S/C19H21N3O4/c1-11-13-8-9-22(17(13)21-10-20-11)18-15(24)19(2,25)16(26-18)14(23)12-6-4-3-5-7-12/h3-10,14-16,18,23-25H,1-2H3/t14-,15+,16-,18-,19+/m1/s1. The summed E-state index contributed by atoms with van der Waals surface area (Å²) in [5.41, 5.74) is 0.390. The maximum atomic E-state index is 10.9. The first-order valence-electron chi connectivity index (χ1n) is 8.48. The number of benzene rings is 1. The third-order valence-electron chi connectivity index (χ3n) is 5.14. The van der Waals surface area contributed by atoms with E-state index in [4.69, 9.17) is 4.74 Å². The number of nitrogens with zero attached hydrogens (tertiary/aromatic N) is 3. The van der Waals surface area contributed by atoms with Gasteiger partial charge in [-0.2, -0.15) is 0 Å². The highest BCUT2D eigenvalue weighted by Gasteiger charge is 2.55. The van der Waals surface area contributed by atoms with Gasteiger partial charge in [0.1, 0.15) is 35.9 Å². The predicted molar refractivity (Wildman–Crippen MR) is 94.2 cm³/mol. The van der Waals surface area contributed by atoms with Gasteiger partial charge in [-0.05, 0) is 25.5 Å². The van der Waals surface area contributed by atoms with Crippen LogP contribution < -0.4 is 0 Å². The molecule has 0 amide bonds. The molecule has 5 atom stereocenters. The van der Waals surface area contributed by atoms with Crippen LogP contribution >= 0.6 is 0 Å². The minimum atomic E-state index is -1.64. The van der Waals surface area contributed by atoms with Crippen LogP contribution in [0.4, 0.5) is 0 Å². The molecule has 1 aliphatic rings. The van der Waals surface area contributed by atoms with Crippen molar-refractivity contribution in [1.29, 1.82) is 0 Å². The number of hydrogen-bond acceptors (Lipinski definition) is 6. The van der Waals surface area contributed by atoms with E-state index in [1.807, 2.05) is 19.1 Å². The zero-order chi connectivity index (χ0) is 18.5. The lowest BCUT2D eigenvalue weighted by Crippen LogP contribution is -2.47. The fourth-order valence-electron chi connectivity index (χ4n) is 3.56. The van der Waals surface area contributed by atoms with Gasteiger partial charge in [0.2, 0.25) is 0 Å². The van der Waals surface area contributed by atoms with Gasteiger partial charge in [0.25, 0.3) is 0 Å². The zero-order valence-electron chi connectivity index (χ0n) is 14.5. The van der Waals surface area contributed by atoms with Gasteiger partial charge < -0.3 is 24.6 Å². The number of ether oxygens (including phenoxy) is 1. The average Bonchev–Trinajstić information content (AvgIpc) is 3.16. The molecule has 26 heavy (non-hydrogen) atoms. The molecule has 1 aromatic carbocycles. The summed E-state index contributed by atoms with van der Waals surface area (Å²) < 4.78 is 7.62. The molecule has 3 N–H and O–H groups in total. The number of hydrogen-bond donors (Lipinski definition) is 3. The fourth-order valence-corrected chi connectivity index (χ4v) is 3.56. The van der Waals surface area contributed by atoms with Gasteiger partial charge >= 0.3 is 0 Å². The summed E-state index contributed by atoms with van der Waals surface area (Å²) in [4.78, 5) is 8.43. The van der Waals surface area contributed by atoms with Gasteiger partial charge in [-0.15, -0.1) is 0 Å². The molecule has 7 nitrogen and oxygen atoms in total. The van der Waals surface area contributed by atoms with Crippen LogP contribution in [0.3, 0.4) is 0 Å². The molecule has 0 bridgehead atoms. The summed E-state index contributed by atoms with van der Waals surface area (Å²) in [6.45, 7) is 3.35. The Kier molecular flexibility index (Phi) is 4.04. The number of rotatable bonds is 3. The number of aliphatic hydroxyl groups is 3. The normalized spacial score (nSPS) is 30.0. The second kappa shape index (κ2) is 6.14. The highest BCUT2D eigenvalue weighted by Crippen LogP contribution is 2.43. The molecule has 1 aliphatic heterocycles. The molecule has 3 heterocycles. The molecular weight excluding hydrogens is 334 g/mol. The second-order valence-corrected chi connectivity index (χ2v) is 6.89. The number of aromatic nitrogens is 3. The monoisotopic (exact) mass is 355 g/mol. The Morgan fingerprint density at radius 3 is 2.65 bits per heavy atom. The Morgan fingerprint density at radius 1 is 1.19 bits per heavy atom. The van der Waals surface area contributed by atoms with Crippen molar-refractivity contribution >= 4 is 11.0 Å². The SMILES string of the molecule is Cc1ncnc2c1ccn2[C@@H]1O[C@H]([C@H](O)c2ccccc2)[C@@](C)(O)[C@H]1O. The van der Waals surface area contributed by atoms with Crippen molar-refractivity contribution in [1.82, 2.24) is 14.5 Å². The van der Waals surface area contributed by atoms with Crippen molar-refractivity contribution in [3.63, 3.8) is 0 Å². The summed E-state index contributed by atoms with van der Waals surface area (Å²) in [6.07, 6.45) is -0.997. The third-order valence-corrected chi connectivity index (χ3v) is 5.14. The molecule has 3 aromatic rings. The fraction of sp³-hybridized carbons (Fsp3) is 0.368. The van der Waals surface area contributed by atoms with Crippen molar-refractivity contribution in [2.45, 2.75) is 44.0 Å². The van der Waals surface area contributed by atoms with Crippen LogP contribution in [0.2, 0.25) is 0 Å². The van der Waals surface area contributed by atoms with Crippen molar-refractivity contribution in [3.05, 3.63) is 60.2 Å². The van der Waals surface area contributed by atoms with E-state index in [1.54, 1.807) is 35.0 Å². The molecule has 0 spiro atoms. The van der Waals surface area contributed by atoms with Crippen LogP contribution in [-0.4, -0.2) is 47.7 Å². The number of aliphatic hydroxyl groups excluding tert-OH is 2. The van der Waals surface area contributed by atoms with Crippen LogP contribution in [0, 0.1) is 6.92 Å². The Balaban J connectivity index is 1.72. The molecular formula is C19H21N3O4. The van der Waals surface area contributed by atoms with Crippen molar-refractivity contribution < 1.29 is 20.1 Å². The molecule has 0 saturated carbocycles. The molecule has 0 radical (unpaired) electrons. The van der Waals surface area contributed by atoms with Gasteiger partial charge in [0.05, 0.1) is 5.69 Å². The average molecular weight is 355 g/mol. The van der Waals surface area contributed by atoms with Gasteiger partial charge in [0.15, 0.2) is 6.23 Å². The van der Waals surface area contributed by atoms with E-state index in [9.17, 15) is 15.3 Å². The van der Waals surface area contributed by atoms with E-state index in [1.165, 1.54) is 13.3 Å². The van der Waals surface area contributed by atoms with E-state index in [0.717, 1.165) is 11.1 Å². The van der Waals surface area contributed by atoms with E-state index in [0.29, 0.717) is 11.2 Å². The molecule has 136 valence electrons. The molecule has 4 rings (SSSR count). The maximum absolute atomic E-state index is 10.9. The van der Waals surface area contributed by atoms with Gasteiger partial charge in [0, 0.05) is 11.6 Å². The van der Waals surface area contributed by atoms with E-state index in [-0.39, 0.29) is 0 Å². The summed E-state index contributed by atoms with van der Waals surface area (Å²) in [7, 11) is 0. The predicted octanol–water partition coefficient (Wildman–Crippen LogP) is 1.48. The van der Waals surface area contributed by atoms with Crippen molar-refractivity contribution in [2.75, 3.05) is 0 Å². The lowest BCUT2D eigenvalue weighted by atomic mass is 9.88. The minimum absolute atomic E-state index is 0.604. The minimum Gasteiger partial charge on any atom is -0.386 e. The summed E-state index contributed by atoms with van der Waals surface area (Å²) in [5, 5.41) is 33.2. The van der Waals surface area contributed by atoms with E-state index < -0.39 is 30.1 Å². The van der Waals surface area contributed by atoms with Crippen LogP contribution in [0.5, 0.6) is 0 Å². The third kappa shape index (κ3) is 2.52. The van der Waals surface area contributed by atoms with Crippen LogP contribution in [0.25, 0.3) is 11.0 Å². The van der Waals surface area contributed by atoms with E-state index >= 15 is 0 Å². The molecule has 1 fully saturated rings. The van der Waals surface area contributed by atoms with Crippen LogP contribution in [0.15, 0.2) is 48.9 Å². The summed E-state index contributed by atoms with van der Waals surface area (Å²) >= 11 is 0. The zero-order valence-corrected chi connectivity index (χ0v) is 14.5. The maximum Gasteiger partial charge on any atom is 0.164 e.